The number of aromatic nitrogens is 3. The molecule has 5 rings (SSSR count). The molecule has 1 atom stereocenters. The van der Waals surface area contributed by atoms with E-state index in [0.29, 0.717) is 57.8 Å². The van der Waals surface area contributed by atoms with Crippen LogP contribution in [0.4, 0.5) is 11.6 Å². The van der Waals surface area contributed by atoms with Gasteiger partial charge in [0.2, 0.25) is 11.1 Å². The van der Waals surface area contributed by atoms with Gasteiger partial charge in [-0.05, 0) is 67.1 Å². The summed E-state index contributed by atoms with van der Waals surface area (Å²) in [6, 6.07) is 22.2. The van der Waals surface area contributed by atoms with Gasteiger partial charge < -0.3 is 20.1 Å². The molecule has 1 aromatic heterocycles. The molecule has 0 saturated heterocycles. The number of nitrogens with zero attached hydrogens (tertiary/aromatic N) is 3. The van der Waals surface area contributed by atoms with Crippen LogP contribution < -0.4 is 20.1 Å². The van der Waals surface area contributed by atoms with Crippen molar-refractivity contribution < 1.29 is 14.3 Å². The summed E-state index contributed by atoms with van der Waals surface area (Å²) < 4.78 is 13.5. The van der Waals surface area contributed by atoms with Gasteiger partial charge in [-0.25, -0.2) is 4.68 Å². The average molecular weight is 576 g/mol. The molecule has 0 bridgehead atoms. The lowest BCUT2D eigenvalue weighted by molar-refractivity contribution is -0.113. The van der Waals surface area contributed by atoms with Crippen LogP contribution in [0.2, 0.25) is 5.02 Å². The zero-order valence-corrected chi connectivity index (χ0v) is 24.1. The van der Waals surface area contributed by atoms with Crippen LogP contribution >= 0.6 is 23.4 Å². The Labute approximate surface area is 242 Å². The van der Waals surface area contributed by atoms with Gasteiger partial charge in [-0.3, -0.25) is 4.79 Å². The smallest absolute Gasteiger partial charge is 0.255 e. The van der Waals surface area contributed by atoms with E-state index in [-0.39, 0.29) is 5.91 Å². The molecule has 0 radical (unpaired) electrons. The van der Waals surface area contributed by atoms with E-state index < -0.39 is 6.04 Å². The number of benzene rings is 3. The molecule has 206 valence electrons. The summed E-state index contributed by atoms with van der Waals surface area (Å²) in [5.41, 5.74) is 3.73. The van der Waals surface area contributed by atoms with Gasteiger partial charge in [0.25, 0.3) is 5.91 Å². The molecule has 3 aromatic carbocycles. The maximum Gasteiger partial charge on any atom is 0.255 e. The Morgan fingerprint density at radius 2 is 1.80 bits per heavy atom. The Balaban J connectivity index is 1.45. The quantitative estimate of drug-likeness (QED) is 0.198. The summed E-state index contributed by atoms with van der Waals surface area (Å²) in [6.45, 7) is 6.75. The molecule has 4 aromatic rings. The minimum absolute atomic E-state index is 0.254. The Hall–Kier alpha value is -3.95. The predicted octanol–water partition coefficient (Wildman–Crippen LogP) is 6.95. The Morgan fingerprint density at radius 1 is 1.05 bits per heavy atom. The first-order valence-corrected chi connectivity index (χ1v) is 14.4. The molecule has 40 heavy (non-hydrogen) atoms. The second-order valence-electron chi connectivity index (χ2n) is 9.03. The van der Waals surface area contributed by atoms with Gasteiger partial charge in [0, 0.05) is 10.7 Å². The molecule has 8 nitrogen and oxygen atoms in total. The van der Waals surface area contributed by atoms with Crippen molar-refractivity contribution in [1.29, 1.82) is 0 Å². The lowest BCUT2D eigenvalue weighted by Crippen LogP contribution is -2.31. The fourth-order valence-electron chi connectivity index (χ4n) is 4.46. The fraction of sp³-hybridized carbons (Fsp3) is 0.233. The van der Waals surface area contributed by atoms with Gasteiger partial charge >= 0.3 is 0 Å². The van der Waals surface area contributed by atoms with Crippen molar-refractivity contribution in [3.05, 3.63) is 100 Å². The molecule has 0 saturated carbocycles. The van der Waals surface area contributed by atoms with Crippen LogP contribution in [0.25, 0.3) is 0 Å². The molecule has 0 aliphatic carbocycles. The van der Waals surface area contributed by atoms with E-state index in [1.165, 1.54) is 0 Å². The number of ether oxygens (including phenoxy) is 2. The van der Waals surface area contributed by atoms with E-state index in [1.54, 1.807) is 16.4 Å². The first kappa shape index (κ1) is 27.6. The summed E-state index contributed by atoms with van der Waals surface area (Å²) >= 11 is 7.54. The Morgan fingerprint density at radius 3 is 2.52 bits per heavy atom. The van der Waals surface area contributed by atoms with Crippen molar-refractivity contribution >= 4 is 40.9 Å². The van der Waals surface area contributed by atoms with Crippen LogP contribution in [0.1, 0.15) is 37.9 Å². The van der Waals surface area contributed by atoms with E-state index in [2.05, 4.69) is 22.5 Å². The van der Waals surface area contributed by atoms with Crippen LogP contribution in [0.3, 0.4) is 0 Å². The number of fused-ring (bicyclic) bond motifs is 1. The largest absolute Gasteiger partial charge is 0.492 e. The predicted molar refractivity (Wildman–Crippen MR) is 159 cm³/mol. The molecule has 0 spiro atoms. The number of carbonyl (C=O) groups excluding carboxylic acids is 1. The Bertz CT molecular complexity index is 1520. The topological polar surface area (TPSA) is 90.3 Å². The number of amides is 1. The molecular formula is C30H30ClN5O3S. The van der Waals surface area contributed by atoms with E-state index in [9.17, 15) is 4.79 Å². The highest BCUT2D eigenvalue weighted by atomic mass is 35.5. The first-order valence-electron chi connectivity index (χ1n) is 13.0. The third-order valence-corrected chi connectivity index (χ3v) is 7.27. The molecule has 1 amide bonds. The number of thioether (sulfide) groups is 1. The number of allylic oxidation sites excluding steroid dienone is 1. The summed E-state index contributed by atoms with van der Waals surface area (Å²) in [6.07, 6.45) is 0. The van der Waals surface area contributed by atoms with Crippen LogP contribution in [0.15, 0.2) is 89.2 Å². The number of para-hydroxylation sites is 2. The molecule has 1 aliphatic heterocycles. The van der Waals surface area contributed by atoms with E-state index in [0.717, 1.165) is 16.9 Å². The summed E-state index contributed by atoms with van der Waals surface area (Å²) in [5, 5.41) is 12.4. The maximum atomic E-state index is 13.8. The molecular weight excluding hydrogens is 546 g/mol. The second kappa shape index (κ2) is 12.5. The third kappa shape index (κ3) is 6.11. The molecule has 2 N–H and O–H groups in total. The number of hydrogen-bond donors (Lipinski definition) is 2. The van der Waals surface area contributed by atoms with Gasteiger partial charge in [-0.1, -0.05) is 66.7 Å². The standard InChI is InChI=1S/C30H30ClN5O3S/c1-4-38-25-9-7-6-8-24(25)33-28(37)26-19(3)32-29-34-30(40-5-2)35-36(29)27(26)21-12-16-23(17-13-21)39-18-20-10-14-22(31)15-11-20/h6-17,27H,4-5,18H2,1-3H3,(H,33,37)(H,32,34,35). The summed E-state index contributed by atoms with van der Waals surface area (Å²) in [4.78, 5) is 18.5. The van der Waals surface area contributed by atoms with Crippen molar-refractivity contribution in [2.75, 3.05) is 23.0 Å². The molecule has 10 heteroatoms. The normalized spacial score (nSPS) is 14.3. The van der Waals surface area contributed by atoms with Gasteiger partial charge in [0.15, 0.2) is 0 Å². The SMILES string of the molecule is CCOc1ccccc1NC(=O)C1=C(C)Nc2nc(SCC)nn2C1c1ccc(OCc2ccc(Cl)cc2)cc1. The fourth-order valence-corrected chi connectivity index (χ4v) is 5.14. The van der Waals surface area contributed by atoms with E-state index >= 15 is 0 Å². The Kier molecular flexibility index (Phi) is 8.62. The second-order valence-corrected chi connectivity index (χ2v) is 10.7. The van der Waals surface area contributed by atoms with Crippen LogP contribution in [-0.4, -0.2) is 33.0 Å². The highest BCUT2D eigenvalue weighted by Gasteiger charge is 2.34. The van der Waals surface area contributed by atoms with Gasteiger partial charge in [-0.15, -0.1) is 5.10 Å². The number of halogens is 1. The number of nitrogens with one attached hydrogen (secondary N) is 2. The lowest BCUT2D eigenvalue weighted by Gasteiger charge is -2.29. The number of rotatable bonds is 10. The van der Waals surface area contributed by atoms with E-state index in [4.69, 9.17) is 26.2 Å². The highest BCUT2D eigenvalue weighted by molar-refractivity contribution is 7.99. The summed E-state index contributed by atoms with van der Waals surface area (Å²) in [5.74, 6) is 2.50. The molecule has 1 unspecified atom stereocenters. The lowest BCUT2D eigenvalue weighted by atomic mass is 9.95. The first-order chi connectivity index (χ1) is 19.5. The van der Waals surface area contributed by atoms with Crippen LogP contribution in [0.5, 0.6) is 11.5 Å². The van der Waals surface area contributed by atoms with Crippen molar-refractivity contribution in [1.82, 2.24) is 14.8 Å². The maximum absolute atomic E-state index is 13.8. The average Bonchev–Trinajstić information content (AvgIpc) is 3.35. The van der Waals surface area contributed by atoms with Gasteiger partial charge in [0.1, 0.15) is 24.1 Å². The van der Waals surface area contributed by atoms with Crippen molar-refractivity contribution in [3.63, 3.8) is 0 Å². The van der Waals surface area contributed by atoms with Crippen LogP contribution in [0, 0.1) is 0 Å². The number of anilines is 2. The highest BCUT2D eigenvalue weighted by Crippen LogP contribution is 2.38. The van der Waals surface area contributed by atoms with E-state index in [1.807, 2.05) is 86.6 Å². The number of carbonyl (C=O) groups is 1. The van der Waals surface area contributed by atoms with Gasteiger partial charge in [-0.2, -0.15) is 4.98 Å². The minimum atomic E-state index is -0.500. The van der Waals surface area contributed by atoms with Crippen molar-refractivity contribution in [3.8, 4) is 11.5 Å². The molecule has 1 aliphatic rings. The van der Waals surface area contributed by atoms with Crippen molar-refractivity contribution in [2.24, 2.45) is 0 Å². The zero-order chi connectivity index (χ0) is 28.1. The number of hydrogen-bond acceptors (Lipinski definition) is 7. The zero-order valence-electron chi connectivity index (χ0n) is 22.5. The molecule has 0 fully saturated rings. The summed E-state index contributed by atoms with van der Waals surface area (Å²) in [7, 11) is 0. The van der Waals surface area contributed by atoms with Crippen molar-refractivity contribution in [2.45, 2.75) is 38.6 Å². The third-order valence-electron chi connectivity index (χ3n) is 6.30. The minimum Gasteiger partial charge on any atom is -0.492 e. The van der Waals surface area contributed by atoms with Crippen LogP contribution in [-0.2, 0) is 11.4 Å². The van der Waals surface area contributed by atoms with Gasteiger partial charge in [0.05, 0.1) is 17.9 Å². The molecule has 2 heterocycles. The monoisotopic (exact) mass is 575 g/mol.